The summed E-state index contributed by atoms with van der Waals surface area (Å²) in [6.45, 7) is 3.43. The van der Waals surface area contributed by atoms with Gasteiger partial charge in [0.05, 0.1) is 17.9 Å². The van der Waals surface area contributed by atoms with E-state index in [0.29, 0.717) is 0 Å². The molecule has 27 heavy (non-hydrogen) atoms. The zero-order valence-electron chi connectivity index (χ0n) is 14.3. The van der Waals surface area contributed by atoms with E-state index in [2.05, 4.69) is 9.72 Å². The predicted octanol–water partition coefficient (Wildman–Crippen LogP) is 4.91. The van der Waals surface area contributed by atoms with Crippen molar-refractivity contribution in [3.63, 3.8) is 0 Å². The number of nitrogens with zero attached hydrogens (tertiary/aromatic N) is 1. The van der Waals surface area contributed by atoms with Crippen molar-refractivity contribution in [1.29, 1.82) is 0 Å². The van der Waals surface area contributed by atoms with Gasteiger partial charge in [-0.3, -0.25) is 4.79 Å². The maximum Gasteiger partial charge on any atom is 0.434 e. The summed E-state index contributed by atoms with van der Waals surface area (Å²) in [6, 6.07) is 0. The van der Waals surface area contributed by atoms with Crippen LogP contribution in [0.15, 0.2) is 0 Å². The number of ether oxygens (including phenoxy) is 1. The van der Waals surface area contributed by atoms with Gasteiger partial charge in [-0.2, -0.15) is 13.2 Å². The van der Waals surface area contributed by atoms with Crippen LogP contribution in [0.3, 0.4) is 0 Å². The summed E-state index contributed by atoms with van der Waals surface area (Å²) < 4.78 is 69.3. The first-order valence-corrected chi connectivity index (χ1v) is 8.29. The fraction of sp³-hybridized carbons (Fsp3) is 0.533. The van der Waals surface area contributed by atoms with Crippen LogP contribution in [-0.2, 0) is 22.1 Å². The quantitative estimate of drug-likeness (QED) is 0.390. The fourth-order valence-corrected chi connectivity index (χ4v) is 2.25. The number of hydrogen-bond donors (Lipinski definition) is 1. The summed E-state index contributed by atoms with van der Waals surface area (Å²) in [6.07, 6.45) is -9.03. The molecule has 0 bridgehead atoms. The Morgan fingerprint density at radius 1 is 1.22 bits per heavy atom. The maximum absolute atomic E-state index is 13.4. The molecule has 0 aliphatic heterocycles. The smallest absolute Gasteiger partial charge is 0.434 e. The molecule has 0 fully saturated rings. The molecule has 0 saturated carbocycles. The van der Waals surface area contributed by atoms with Crippen LogP contribution in [0, 0.1) is 0 Å². The topological polar surface area (TPSA) is 68.3 Å². The zero-order valence-corrected chi connectivity index (χ0v) is 15.8. The molecule has 1 aromatic heterocycles. The second kappa shape index (κ2) is 8.55. The highest BCUT2D eigenvalue weighted by Gasteiger charge is 2.42. The van der Waals surface area contributed by atoms with Crippen molar-refractivity contribution in [2.75, 3.05) is 11.9 Å². The number of rotatable bonds is 6. The Labute approximate surface area is 161 Å². The van der Waals surface area contributed by atoms with Crippen molar-refractivity contribution in [1.82, 2.24) is 4.98 Å². The van der Waals surface area contributed by atoms with Crippen molar-refractivity contribution in [3.05, 3.63) is 22.5 Å². The van der Waals surface area contributed by atoms with E-state index in [4.69, 9.17) is 23.2 Å². The van der Waals surface area contributed by atoms with Gasteiger partial charge in [-0.1, -0.05) is 30.1 Å². The standard InChI is InChI=1S/C15H15Cl2F5N2O3/c1-4-6-7(12(25)27-5-2)10(15(20,21)22)23-9(11(18)19)8(6)24-13(26)14(3,16)17/h11H,4-5H2,1-3H3,(H,24,26). The molecule has 0 aliphatic carbocycles. The molecule has 1 amide bonds. The minimum Gasteiger partial charge on any atom is -0.462 e. The third-order valence-corrected chi connectivity index (χ3v) is 3.62. The molecule has 1 heterocycles. The second-order valence-electron chi connectivity index (χ2n) is 5.29. The van der Waals surface area contributed by atoms with Gasteiger partial charge in [-0.05, 0) is 25.8 Å². The summed E-state index contributed by atoms with van der Waals surface area (Å²) in [5, 5.41) is 1.95. The molecular weight excluding hydrogens is 422 g/mol. The molecule has 0 aromatic carbocycles. The summed E-state index contributed by atoms with van der Waals surface area (Å²) in [5.41, 5.74) is -5.53. The normalized spacial score (nSPS) is 12.3. The SMILES string of the molecule is CCOC(=O)c1c(C(F)(F)F)nc(C(F)F)c(NC(=O)C(C)(Cl)Cl)c1CC. The molecule has 0 saturated heterocycles. The highest BCUT2D eigenvalue weighted by molar-refractivity contribution is 6.58. The van der Waals surface area contributed by atoms with Gasteiger partial charge in [0.2, 0.25) is 0 Å². The number of hydrogen-bond acceptors (Lipinski definition) is 4. The number of esters is 1. The summed E-state index contributed by atoms with van der Waals surface area (Å²) >= 11 is 11.2. The van der Waals surface area contributed by atoms with Gasteiger partial charge < -0.3 is 10.1 Å². The number of pyridine rings is 1. The molecule has 1 N–H and O–H groups in total. The van der Waals surface area contributed by atoms with Crippen LogP contribution in [0.2, 0.25) is 0 Å². The average molecular weight is 437 g/mol. The zero-order chi connectivity index (χ0) is 21.2. The molecule has 0 aliphatic rings. The van der Waals surface area contributed by atoms with E-state index in [1.807, 2.05) is 5.32 Å². The Morgan fingerprint density at radius 2 is 1.78 bits per heavy atom. The van der Waals surface area contributed by atoms with E-state index >= 15 is 0 Å². The number of halogens is 7. The molecular formula is C15H15Cl2F5N2O3. The van der Waals surface area contributed by atoms with Gasteiger partial charge in [0, 0.05) is 0 Å². The Balaban J connectivity index is 3.87. The average Bonchev–Trinajstić information content (AvgIpc) is 2.51. The minimum absolute atomic E-state index is 0.265. The van der Waals surface area contributed by atoms with Crippen molar-refractivity contribution in [2.24, 2.45) is 0 Å². The van der Waals surface area contributed by atoms with Gasteiger partial charge >= 0.3 is 12.1 Å². The van der Waals surface area contributed by atoms with Crippen LogP contribution in [0.25, 0.3) is 0 Å². The number of carbonyl (C=O) groups is 2. The lowest BCUT2D eigenvalue weighted by Crippen LogP contribution is -2.31. The summed E-state index contributed by atoms with van der Waals surface area (Å²) in [7, 11) is 0. The molecule has 152 valence electrons. The van der Waals surface area contributed by atoms with Crippen molar-refractivity contribution in [2.45, 2.75) is 44.1 Å². The van der Waals surface area contributed by atoms with Crippen molar-refractivity contribution in [3.8, 4) is 0 Å². The lowest BCUT2D eigenvalue weighted by atomic mass is 9.99. The Morgan fingerprint density at radius 3 is 2.15 bits per heavy atom. The lowest BCUT2D eigenvalue weighted by molar-refractivity contribution is -0.142. The molecule has 1 aromatic rings. The monoisotopic (exact) mass is 436 g/mol. The third-order valence-electron chi connectivity index (χ3n) is 3.27. The molecule has 12 heteroatoms. The number of alkyl halides is 7. The summed E-state index contributed by atoms with van der Waals surface area (Å²) in [5.74, 6) is -2.59. The van der Waals surface area contributed by atoms with Crippen molar-refractivity contribution < 1.29 is 36.3 Å². The molecule has 0 spiro atoms. The van der Waals surface area contributed by atoms with Crippen LogP contribution in [0.5, 0.6) is 0 Å². The van der Waals surface area contributed by atoms with Crippen LogP contribution in [0.1, 0.15) is 54.5 Å². The Bertz CT molecular complexity index is 734. The van der Waals surface area contributed by atoms with Gasteiger partial charge in [-0.25, -0.2) is 18.6 Å². The first kappa shape index (κ1) is 23.4. The lowest BCUT2D eigenvalue weighted by Gasteiger charge is -2.22. The Kier molecular flexibility index (Phi) is 7.40. The molecule has 5 nitrogen and oxygen atoms in total. The highest BCUT2D eigenvalue weighted by Crippen LogP contribution is 2.40. The number of aromatic nitrogens is 1. The number of carbonyl (C=O) groups excluding carboxylic acids is 2. The molecule has 1 rings (SSSR count). The molecule has 0 radical (unpaired) electrons. The van der Waals surface area contributed by atoms with E-state index in [1.54, 1.807) is 0 Å². The van der Waals surface area contributed by atoms with Crippen molar-refractivity contribution >= 4 is 40.8 Å². The van der Waals surface area contributed by atoms with E-state index in [-0.39, 0.29) is 13.0 Å². The summed E-state index contributed by atoms with van der Waals surface area (Å²) in [4.78, 5) is 27.0. The van der Waals surface area contributed by atoms with E-state index in [0.717, 1.165) is 6.92 Å². The van der Waals surface area contributed by atoms with Gasteiger partial charge in [0.15, 0.2) is 10.0 Å². The van der Waals surface area contributed by atoms with Crippen LogP contribution >= 0.6 is 23.2 Å². The van der Waals surface area contributed by atoms with Crippen LogP contribution in [-0.4, -0.2) is 27.8 Å². The highest BCUT2D eigenvalue weighted by atomic mass is 35.5. The van der Waals surface area contributed by atoms with Gasteiger partial charge in [0.25, 0.3) is 12.3 Å². The first-order chi connectivity index (χ1) is 12.3. The van der Waals surface area contributed by atoms with Gasteiger partial charge in [0.1, 0.15) is 5.69 Å². The largest absolute Gasteiger partial charge is 0.462 e. The van der Waals surface area contributed by atoms with E-state index in [9.17, 15) is 31.5 Å². The van der Waals surface area contributed by atoms with E-state index in [1.165, 1.54) is 13.8 Å². The maximum atomic E-state index is 13.4. The van der Waals surface area contributed by atoms with E-state index < -0.39 is 57.0 Å². The van der Waals surface area contributed by atoms with Gasteiger partial charge in [-0.15, -0.1) is 0 Å². The number of amides is 1. The minimum atomic E-state index is -5.22. The fourth-order valence-electron chi connectivity index (χ4n) is 2.16. The number of nitrogens with one attached hydrogen (secondary N) is 1. The molecule has 0 atom stereocenters. The predicted molar refractivity (Wildman–Crippen MR) is 88.3 cm³/mol. The Hall–Kier alpha value is -1.68. The third kappa shape index (κ3) is 5.41. The van der Waals surface area contributed by atoms with Crippen LogP contribution < -0.4 is 5.32 Å². The first-order valence-electron chi connectivity index (χ1n) is 7.54. The van der Waals surface area contributed by atoms with Crippen LogP contribution in [0.4, 0.5) is 27.6 Å². The molecule has 0 unspecified atom stereocenters. The second-order valence-corrected chi connectivity index (χ2v) is 6.99. The number of anilines is 1.